The number of unbranched alkanes of at least 4 members (excludes halogenated alkanes) is 28. The lowest BCUT2D eigenvalue weighted by Crippen LogP contribution is -2.08. The van der Waals surface area contributed by atoms with Crippen LogP contribution in [0.5, 0.6) is 0 Å². The summed E-state index contributed by atoms with van der Waals surface area (Å²) in [6.45, 7) is 6.56. The molecule has 2 aromatic carbocycles. The molecular weight excluding hydrogens is 637 g/mol. The number of benzene rings is 2. The molecule has 1 N–H and O–H groups in total. The quantitative estimate of drug-likeness (QED) is 0.0590. The van der Waals surface area contributed by atoms with Crippen LogP contribution in [0.3, 0.4) is 0 Å². The van der Waals surface area contributed by atoms with Gasteiger partial charge in [0.05, 0.1) is 0 Å². The summed E-state index contributed by atoms with van der Waals surface area (Å²) >= 11 is 0. The van der Waals surface area contributed by atoms with E-state index in [0.29, 0.717) is 5.39 Å². The molecule has 0 fully saturated rings. The van der Waals surface area contributed by atoms with Gasteiger partial charge in [-0.1, -0.05) is 224 Å². The van der Waals surface area contributed by atoms with Gasteiger partial charge in [-0.05, 0) is 42.2 Å². The van der Waals surface area contributed by atoms with Crippen molar-refractivity contribution in [3.05, 3.63) is 41.5 Å². The zero-order valence-electron chi connectivity index (χ0n) is 32.8. The predicted molar refractivity (Wildman–Crippen MR) is 218 cm³/mol. The van der Waals surface area contributed by atoms with Crippen LogP contribution in [0.1, 0.15) is 218 Å². The van der Waals surface area contributed by atoms with Crippen LogP contribution in [0.25, 0.3) is 10.8 Å². The molecule has 0 aliphatic rings. The van der Waals surface area contributed by atoms with Gasteiger partial charge in [0, 0.05) is 5.39 Å². The maximum absolute atomic E-state index is 12.7. The largest absolute Gasteiger partial charge is 0.307 e. The number of carbonyl (C=O) groups excluding carboxylic acids is 1. The number of hydrogen-bond acceptors (Lipinski definition) is 3. The van der Waals surface area contributed by atoms with Crippen molar-refractivity contribution in [1.82, 2.24) is 0 Å². The summed E-state index contributed by atoms with van der Waals surface area (Å²) in [4.78, 5) is 8.17. The average Bonchev–Trinajstić information content (AvgIpc) is 3.11. The second-order valence-corrected chi connectivity index (χ2v) is 16.3. The van der Waals surface area contributed by atoms with Crippen LogP contribution in [0.2, 0.25) is 0 Å². The van der Waals surface area contributed by atoms with Crippen molar-refractivity contribution in [1.29, 1.82) is 0 Å². The van der Waals surface area contributed by atoms with E-state index in [1.807, 2.05) is 31.1 Å². The molecule has 0 saturated heterocycles. The highest BCUT2D eigenvalue weighted by atomic mass is 32.2. The highest BCUT2D eigenvalue weighted by Gasteiger charge is 2.22. The van der Waals surface area contributed by atoms with Crippen LogP contribution in [0.15, 0.2) is 35.2 Å². The van der Waals surface area contributed by atoms with E-state index in [1.165, 1.54) is 173 Å². The van der Waals surface area contributed by atoms with Crippen LogP contribution in [-0.4, -0.2) is 19.8 Å². The molecule has 2 rings (SSSR count). The summed E-state index contributed by atoms with van der Waals surface area (Å²) < 4.78 is 35.9. The number of fused-ring (bicyclic) bond motifs is 1. The summed E-state index contributed by atoms with van der Waals surface area (Å²) in [5, 5.41) is 1.58. The first-order valence-corrected chi connectivity index (χ1v) is 22.7. The monoisotopic (exact) mass is 715 g/mol. The van der Waals surface area contributed by atoms with Crippen LogP contribution < -0.4 is 0 Å². The zero-order valence-corrected chi connectivity index (χ0v) is 33.6. The Labute approximate surface area is 310 Å². The first-order chi connectivity index (χ1) is 24.5. The minimum Gasteiger partial charge on any atom is -0.307 e. The van der Waals surface area contributed by atoms with Gasteiger partial charge in [0.25, 0.3) is 10.1 Å². The van der Waals surface area contributed by atoms with Gasteiger partial charge in [0.2, 0.25) is 0 Å². The van der Waals surface area contributed by atoms with Gasteiger partial charge >= 0.3 is 0 Å². The summed E-state index contributed by atoms with van der Waals surface area (Å²) in [5.74, 6) is 0. The molecule has 0 bridgehead atoms. The molecule has 0 atom stereocenters. The van der Waals surface area contributed by atoms with Crippen LogP contribution in [0.4, 0.5) is 0 Å². The maximum atomic E-state index is 12.7. The Balaban J connectivity index is 0.00000613. The van der Waals surface area contributed by atoms with E-state index in [2.05, 4.69) is 19.9 Å². The van der Waals surface area contributed by atoms with E-state index in [1.54, 1.807) is 0 Å². The molecule has 0 heterocycles. The molecule has 0 saturated carbocycles. The van der Waals surface area contributed by atoms with Gasteiger partial charge in [-0.25, -0.2) is 0 Å². The van der Waals surface area contributed by atoms with Crippen molar-refractivity contribution in [2.45, 2.75) is 224 Å². The number of carbonyl (C=O) groups is 1. The molecule has 0 aliphatic carbocycles. The summed E-state index contributed by atoms with van der Waals surface area (Å²) in [6.07, 6.45) is 41.5. The zero-order chi connectivity index (χ0) is 36.5. The van der Waals surface area contributed by atoms with Crippen molar-refractivity contribution in [3.8, 4) is 0 Å². The van der Waals surface area contributed by atoms with Crippen LogP contribution in [0, 0.1) is 0 Å². The smallest absolute Gasteiger partial charge is 0.295 e. The third-order valence-electron chi connectivity index (χ3n) is 10.5. The van der Waals surface area contributed by atoms with E-state index >= 15 is 0 Å². The van der Waals surface area contributed by atoms with Crippen molar-refractivity contribution in [2.75, 3.05) is 0 Å². The normalized spacial score (nSPS) is 11.6. The minimum atomic E-state index is -4.31. The molecule has 4 nitrogen and oxygen atoms in total. The third kappa shape index (κ3) is 22.3. The fraction of sp³-hybridized carbons (Fsp3) is 0.756. The third-order valence-corrected chi connectivity index (χ3v) is 11.5. The van der Waals surface area contributed by atoms with Gasteiger partial charge in [-0.3, -0.25) is 4.55 Å². The Bertz CT molecular complexity index is 1180. The van der Waals surface area contributed by atoms with E-state index < -0.39 is 10.1 Å². The fourth-order valence-corrected chi connectivity index (χ4v) is 8.57. The molecule has 0 aromatic heterocycles. The fourth-order valence-electron chi connectivity index (χ4n) is 7.56. The number of aryl methyl sites for hydroxylation is 1. The van der Waals surface area contributed by atoms with E-state index in [0.717, 1.165) is 48.6 Å². The van der Waals surface area contributed by atoms with E-state index in [-0.39, 0.29) is 4.90 Å². The Morgan fingerprint density at radius 3 is 1.16 bits per heavy atom. The van der Waals surface area contributed by atoms with Crippen LogP contribution >= 0.6 is 0 Å². The topological polar surface area (TPSA) is 71.4 Å². The molecule has 5 heteroatoms. The number of hydrogen-bond donors (Lipinski definition) is 1. The first-order valence-electron chi connectivity index (χ1n) is 21.3. The molecular formula is C45H78O4S. The lowest BCUT2D eigenvalue weighted by molar-refractivity contribution is -0.0980. The van der Waals surface area contributed by atoms with Gasteiger partial charge in [-0.2, -0.15) is 8.42 Å². The van der Waals surface area contributed by atoms with Gasteiger partial charge in [-0.15, -0.1) is 0 Å². The summed E-state index contributed by atoms with van der Waals surface area (Å²) in [5.41, 5.74) is 2.00. The Hall–Kier alpha value is -1.72. The van der Waals surface area contributed by atoms with Crippen molar-refractivity contribution >= 4 is 27.7 Å². The maximum Gasteiger partial charge on any atom is 0.295 e. The standard InChI is InChI=1S/C44H76O3S.CH2O/c1-3-5-7-9-11-13-15-17-19-21-23-25-27-29-31-35-40-39-41-36-33-34-38-43(41)44(48(45,46)47)42(40)37-32-30-28-26-24-22-20-18-16-14-12-10-8-6-4-2;1-2/h33-34,36,38-39H,3-32,35,37H2,1-2H3,(H,45,46,47);1H2. The number of rotatable bonds is 33. The predicted octanol–water partition coefficient (Wildman–Crippen LogP) is 14.7. The van der Waals surface area contributed by atoms with Crippen LogP contribution in [-0.2, 0) is 27.8 Å². The highest BCUT2D eigenvalue weighted by molar-refractivity contribution is 7.86. The minimum absolute atomic E-state index is 0.168. The Kier molecular flexibility index (Phi) is 29.6. The van der Waals surface area contributed by atoms with E-state index in [9.17, 15) is 13.0 Å². The lowest BCUT2D eigenvalue weighted by atomic mass is 9.93. The first kappa shape index (κ1) is 46.3. The molecule has 0 spiro atoms. The highest BCUT2D eigenvalue weighted by Crippen LogP contribution is 2.32. The average molecular weight is 715 g/mol. The summed E-state index contributed by atoms with van der Waals surface area (Å²) in [7, 11) is -4.31. The molecule has 0 aliphatic heterocycles. The Morgan fingerprint density at radius 1 is 0.480 bits per heavy atom. The molecule has 2 aromatic rings. The second-order valence-electron chi connectivity index (χ2n) is 14.9. The second kappa shape index (κ2) is 32.0. The van der Waals surface area contributed by atoms with Crippen molar-refractivity contribution < 1.29 is 17.8 Å². The lowest BCUT2D eigenvalue weighted by Gasteiger charge is -2.17. The molecule has 0 amide bonds. The van der Waals surface area contributed by atoms with Crippen molar-refractivity contribution in [3.63, 3.8) is 0 Å². The van der Waals surface area contributed by atoms with Gasteiger partial charge in [0.1, 0.15) is 11.7 Å². The molecule has 288 valence electrons. The Morgan fingerprint density at radius 2 is 0.800 bits per heavy atom. The van der Waals surface area contributed by atoms with E-state index in [4.69, 9.17) is 4.79 Å². The molecule has 50 heavy (non-hydrogen) atoms. The molecule has 0 radical (unpaired) electrons. The van der Waals surface area contributed by atoms with Crippen molar-refractivity contribution in [2.24, 2.45) is 0 Å². The van der Waals surface area contributed by atoms with Gasteiger partial charge in [0.15, 0.2) is 0 Å². The summed E-state index contributed by atoms with van der Waals surface area (Å²) in [6, 6.07) is 9.88. The SMILES string of the molecule is C=O.CCCCCCCCCCCCCCCCCc1cc2ccccc2c(S(=O)(=O)O)c1CCCCCCCCCCCCCCCCC. The van der Waals surface area contributed by atoms with Gasteiger partial charge < -0.3 is 4.79 Å². The molecule has 0 unspecified atom stereocenters.